The van der Waals surface area contributed by atoms with Crippen LogP contribution in [0.5, 0.6) is 0 Å². The molecule has 0 atom stereocenters. The normalized spacial score (nSPS) is 10.2. The second-order valence-corrected chi connectivity index (χ2v) is 5.63. The number of carbonyl (C=O) groups is 1. The van der Waals surface area contributed by atoms with Gasteiger partial charge in [-0.15, -0.1) is 0 Å². The van der Waals surface area contributed by atoms with Gasteiger partial charge in [-0.25, -0.2) is 9.97 Å². The molecule has 24 heavy (non-hydrogen) atoms. The Morgan fingerprint density at radius 1 is 1.04 bits per heavy atom. The number of halogens is 1. The number of hydrogen-bond donors (Lipinski definition) is 2. The number of benzene rings is 2. The number of anilines is 3. The van der Waals surface area contributed by atoms with Gasteiger partial charge < -0.3 is 10.6 Å². The molecule has 3 aromatic rings. The molecule has 0 aliphatic heterocycles. The third-order valence-corrected chi connectivity index (χ3v) is 3.64. The summed E-state index contributed by atoms with van der Waals surface area (Å²) < 4.78 is 0. The number of amides is 1. The van der Waals surface area contributed by atoms with E-state index in [0.717, 1.165) is 11.3 Å². The van der Waals surface area contributed by atoms with Crippen LogP contribution in [-0.4, -0.2) is 15.9 Å². The Bertz CT molecular complexity index is 865. The van der Waals surface area contributed by atoms with Crippen LogP contribution in [0.1, 0.15) is 15.9 Å². The summed E-state index contributed by atoms with van der Waals surface area (Å²) in [5, 5.41) is 6.40. The lowest BCUT2D eigenvalue weighted by atomic mass is 10.2. The van der Waals surface area contributed by atoms with Crippen molar-refractivity contribution in [3.63, 3.8) is 0 Å². The number of nitrogens with zero attached hydrogens (tertiary/aromatic N) is 2. The van der Waals surface area contributed by atoms with E-state index in [4.69, 9.17) is 11.6 Å². The molecule has 0 bridgehead atoms. The molecule has 0 aliphatic carbocycles. The van der Waals surface area contributed by atoms with Gasteiger partial charge >= 0.3 is 0 Å². The van der Waals surface area contributed by atoms with Gasteiger partial charge in [0.1, 0.15) is 0 Å². The van der Waals surface area contributed by atoms with Gasteiger partial charge in [-0.1, -0.05) is 35.9 Å². The molecule has 0 saturated heterocycles. The molecular formula is C18H15ClN4O. The maximum atomic E-state index is 12.2. The Labute approximate surface area is 144 Å². The second kappa shape index (κ2) is 7.10. The van der Waals surface area contributed by atoms with E-state index in [-0.39, 0.29) is 5.91 Å². The highest BCUT2D eigenvalue weighted by atomic mass is 35.5. The van der Waals surface area contributed by atoms with E-state index >= 15 is 0 Å². The molecule has 2 N–H and O–H groups in total. The Kier molecular flexibility index (Phi) is 4.72. The number of hydrogen-bond acceptors (Lipinski definition) is 4. The molecule has 0 spiro atoms. The minimum Gasteiger partial charge on any atom is -0.323 e. The number of para-hydroxylation sites is 1. The molecule has 1 heterocycles. The Morgan fingerprint density at radius 2 is 1.79 bits per heavy atom. The quantitative estimate of drug-likeness (QED) is 0.738. The predicted molar refractivity (Wildman–Crippen MR) is 95.9 cm³/mol. The summed E-state index contributed by atoms with van der Waals surface area (Å²) in [5.41, 5.74) is 2.89. The number of aromatic nitrogens is 2. The summed E-state index contributed by atoms with van der Waals surface area (Å²) >= 11 is 6.08. The fourth-order valence-corrected chi connectivity index (χ4v) is 2.30. The largest absolute Gasteiger partial charge is 0.323 e. The number of carbonyl (C=O) groups excluding carboxylic acids is 1. The minimum atomic E-state index is -0.259. The fourth-order valence-electron chi connectivity index (χ4n) is 2.12. The van der Waals surface area contributed by atoms with Crippen molar-refractivity contribution in [3.05, 3.63) is 77.1 Å². The first kappa shape index (κ1) is 16.0. The van der Waals surface area contributed by atoms with Gasteiger partial charge in [-0.05, 0) is 36.8 Å². The number of rotatable bonds is 4. The first-order valence-corrected chi connectivity index (χ1v) is 7.71. The molecule has 2 aromatic carbocycles. The van der Waals surface area contributed by atoms with Gasteiger partial charge in [0.05, 0.1) is 16.3 Å². The van der Waals surface area contributed by atoms with Crippen LogP contribution >= 0.6 is 11.6 Å². The van der Waals surface area contributed by atoms with Gasteiger partial charge in [-0.2, -0.15) is 0 Å². The molecular weight excluding hydrogens is 324 g/mol. The molecule has 3 rings (SSSR count). The maximum Gasteiger partial charge on any atom is 0.258 e. The zero-order valence-electron chi connectivity index (χ0n) is 13.0. The van der Waals surface area contributed by atoms with Crippen molar-refractivity contribution in [2.75, 3.05) is 10.6 Å². The average molecular weight is 339 g/mol. The first-order chi connectivity index (χ1) is 11.6. The van der Waals surface area contributed by atoms with Crippen LogP contribution in [-0.2, 0) is 0 Å². The fraction of sp³-hybridized carbons (Fsp3) is 0.0556. The van der Waals surface area contributed by atoms with Crippen molar-refractivity contribution in [1.29, 1.82) is 0 Å². The van der Waals surface area contributed by atoms with Crippen LogP contribution < -0.4 is 10.6 Å². The van der Waals surface area contributed by atoms with Crippen LogP contribution in [0.2, 0.25) is 5.02 Å². The van der Waals surface area contributed by atoms with E-state index in [2.05, 4.69) is 20.6 Å². The van der Waals surface area contributed by atoms with Crippen molar-refractivity contribution in [3.8, 4) is 0 Å². The summed E-state index contributed by atoms with van der Waals surface area (Å²) in [6.07, 6.45) is 2.94. The van der Waals surface area contributed by atoms with E-state index in [0.29, 0.717) is 22.2 Å². The van der Waals surface area contributed by atoms with E-state index in [9.17, 15) is 4.79 Å². The summed E-state index contributed by atoms with van der Waals surface area (Å²) in [4.78, 5) is 20.5. The van der Waals surface area contributed by atoms with Gasteiger partial charge in [0, 0.05) is 18.1 Å². The number of aryl methyl sites for hydroxylation is 1. The third kappa shape index (κ3) is 3.88. The lowest BCUT2D eigenvalue weighted by Crippen LogP contribution is -2.13. The van der Waals surface area contributed by atoms with Crippen molar-refractivity contribution in [2.45, 2.75) is 6.92 Å². The van der Waals surface area contributed by atoms with Gasteiger partial charge in [0.25, 0.3) is 5.91 Å². The van der Waals surface area contributed by atoms with Crippen LogP contribution in [0.15, 0.2) is 60.9 Å². The van der Waals surface area contributed by atoms with Crippen molar-refractivity contribution < 1.29 is 4.79 Å². The lowest BCUT2D eigenvalue weighted by molar-refractivity contribution is 0.102. The molecule has 0 unspecified atom stereocenters. The average Bonchev–Trinajstić information content (AvgIpc) is 2.57. The van der Waals surface area contributed by atoms with Crippen molar-refractivity contribution in [1.82, 2.24) is 9.97 Å². The van der Waals surface area contributed by atoms with Crippen LogP contribution in [0.25, 0.3) is 0 Å². The summed E-state index contributed by atoms with van der Waals surface area (Å²) in [6, 6.07) is 14.9. The Hall–Kier alpha value is -2.92. The van der Waals surface area contributed by atoms with E-state index in [1.54, 1.807) is 6.07 Å². The van der Waals surface area contributed by atoms with Crippen LogP contribution in [0.4, 0.5) is 17.3 Å². The highest BCUT2D eigenvalue weighted by Crippen LogP contribution is 2.23. The Balaban J connectivity index is 1.70. The lowest BCUT2D eigenvalue weighted by Gasteiger charge is -2.08. The molecule has 0 fully saturated rings. The first-order valence-electron chi connectivity index (χ1n) is 7.33. The number of nitrogens with one attached hydrogen (secondary N) is 2. The Morgan fingerprint density at radius 3 is 2.50 bits per heavy atom. The zero-order chi connectivity index (χ0) is 16.9. The predicted octanol–water partition coefficient (Wildman–Crippen LogP) is 4.43. The zero-order valence-corrected chi connectivity index (χ0v) is 13.7. The third-order valence-electron chi connectivity index (χ3n) is 3.31. The summed E-state index contributed by atoms with van der Waals surface area (Å²) in [6.45, 7) is 1.97. The molecule has 120 valence electrons. The highest BCUT2D eigenvalue weighted by molar-refractivity contribution is 6.33. The summed E-state index contributed by atoms with van der Waals surface area (Å²) in [5.74, 6) is 0.111. The molecule has 6 heteroatoms. The highest BCUT2D eigenvalue weighted by Gasteiger charge is 2.08. The topological polar surface area (TPSA) is 66.9 Å². The van der Waals surface area contributed by atoms with Gasteiger partial charge in [0.15, 0.2) is 0 Å². The van der Waals surface area contributed by atoms with E-state index in [1.807, 2.05) is 49.4 Å². The van der Waals surface area contributed by atoms with Gasteiger partial charge in [0.2, 0.25) is 5.95 Å². The molecule has 5 nitrogen and oxygen atoms in total. The molecule has 1 aromatic heterocycles. The minimum absolute atomic E-state index is 0.259. The van der Waals surface area contributed by atoms with Gasteiger partial charge in [-0.3, -0.25) is 4.79 Å². The molecule has 0 aliphatic rings. The van der Waals surface area contributed by atoms with Crippen LogP contribution in [0.3, 0.4) is 0 Å². The molecule has 1 amide bonds. The molecule has 0 radical (unpaired) electrons. The van der Waals surface area contributed by atoms with Crippen molar-refractivity contribution in [2.24, 2.45) is 0 Å². The summed E-state index contributed by atoms with van der Waals surface area (Å²) in [7, 11) is 0. The van der Waals surface area contributed by atoms with E-state index in [1.165, 1.54) is 12.4 Å². The smallest absolute Gasteiger partial charge is 0.258 e. The van der Waals surface area contributed by atoms with Crippen molar-refractivity contribution >= 4 is 34.8 Å². The monoisotopic (exact) mass is 338 g/mol. The molecule has 0 saturated carbocycles. The maximum absolute atomic E-state index is 12.2. The van der Waals surface area contributed by atoms with E-state index < -0.39 is 0 Å². The SMILES string of the molecule is Cc1cccc(NC(=O)c2cnc(Nc3ccccc3Cl)nc2)c1. The van der Waals surface area contributed by atoms with Crippen LogP contribution in [0, 0.1) is 6.92 Å². The second-order valence-electron chi connectivity index (χ2n) is 5.22. The standard InChI is InChI=1S/C18H15ClN4O/c1-12-5-4-6-14(9-12)22-17(24)13-10-20-18(21-11-13)23-16-8-3-2-7-15(16)19/h2-11H,1H3,(H,22,24)(H,20,21,23).